The lowest BCUT2D eigenvalue weighted by Gasteiger charge is -2.21. The quantitative estimate of drug-likeness (QED) is 0.766. The van der Waals surface area contributed by atoms with Gasteiger partial charge in [0.05, 0.1) is 0 Å². The van der Waals surface area contributed by atoms with E-state index >= 15 is 0 Å². The van der Waals surface area contributed by atoms with Gasteiger partial charge in [-0.3, -0.25) is 4.79 Å². The summed E-state index contributed by atoms with van der Waals surface area (Å²) >= 11 is 1.36. The van der Waals surface area contributed by atoms with Crippen LogP contribution in [-0.4, -0.2) is 29.5 Å². The van der Waals surface area contributed by atoms with Gasteiger partial charge in [0.1, 0.15) is 0 Å². The molecule has 0 atom stereocenters. The van der Waals surface area contributed by atoms with E-state index < -0.39 is 0 Å². The summed E-state index contributed by atoms with van der Waals surface area (Å²) < 4.78 is 0. The molecule has 22 heavy (non-hydrogen) atoms. The molecular weight excluding hydrogens is 292 g/mol. The SMILES string of the molecule is CCCN(CCCc1sc(=O)[nH]c1C)CCc1ccccc1. The van der Waals surface area contributed by atoms with Crippen LogP contribution in [0.25, 0.3) is 0 Å². The van der Waals surface area contributed by atoms with E-state index in [0.717, 1.165) is 44.6 Å². The number of H-pyrrole nitrogens is 1. The normalized spacial score (nSPS) is 11.2. The molecule has 0 spiro atoms. The van der Waals surface area contributed by atoms with Crippen LogP contribution in [0.3, 0.4) is 0 Å². The van der Waals surface area contributed by atoms with E-state index in [-0.39, 0.29) is 4.87 Å². The van der Waals surface area contributed by atoms with Gasteiger partial charge < -0.3 is 9.88 Å². The third-order valence-electron chi connectivity index (χ3n) is 3.90. The van der Waals surface area contributed by atoms with Crippen LogP contribution in [-0.2, 0) is 12.8 Å². The average molecular weight is 318 g/mol. The molecule has 4 heteroatoms. The number of thiazole rings is 1. The van der Waals surface area contributed by atoms with E-state index in [4.69, 9.17) is 0 Å². The highest BCUT2D eigenvalue weighted by Crippen LogP contribution is 2.11. The molecule has 0 aliphatic heterocycles. The fourth-order valence-electron chi connectivity index (χ4n) is 2.72. The van der Waals surface area contributed by atoms with Crippen molar-refractivity contribution in [3.8, 4) is 0 Å². The Morgan fingerprint density at radius 3 is 2.50 bits per heavy atom. The Morgan fingerprint density at radius 1 is 1.09 bits per heavy atom. The third kappa shape index (κ3) is 5.43. The number of aromatic amines is 1. The van der Waals surface area contributed by atoms with Crippen molar-refractivity contribution in [3.63, 3.8) is 0 Å². The molecule has 0 bridgehead atoms. The first kappa shape index (κ1) is 17.0. The van der Waals surface area contributed by atoms with Crippen molar-refractivity contribution in [3.05, 3.63) is 56.1 Å². The molecule has 0 amide bonds. The predicted molar refractivity (Wildman–Crippen MR) is 94.9 cm³/mol. The highest BCUT2D eigenvalue weighted by molar-refractivity contribution is 7.09. The maximum absolute atomic E-state index is 11.3. The molecule has 1 aromatic carbocycles. The molecule has 1 N–H and O–H groups in total. The Bertz CT molecular complexity index is 603. The van der Waals surface area contributed by atoms with Crippen LogP contribution in [0, 0.1) is 6.92 Å². The highest BCUT2D eigenvalue weighted by atomic mass is 32.1. The number of nitrogens with one attached hydrogen (secondary N) is 1. The van der Waals surface area contributed by atoms with Crippen molar-refractivity contribution in [2.45, 2.75) is 39.5 Å². The zero-order chi connectivity index (χ0) is 15.8. The van der Waals surface area contributed by atoms with Crippen molar-refractivity contribution in [2.24, 2.45) is 0 Å². The Kier molecular flexibility index (Phi) is 6.87. The molecule has 0 aliphatic carbocycles. The largest absolute Gasteiger partial charge is 0.317 e. The monoisotopic (exact) mass is 318 g/mol. The summed E-state index contributed by atoms with van der Waals surface area (Å²) in [7, 11) is 0. The number of hydrogen-bond donors (Lipinski definition) is 1. The lowest BCUT2D eigenvalue weighted by atomic mass is 10.1. The van der Waals surface area contributed by atoms with Crippen LogP contribution in [0.4, 0.5) is 0 Å². The Morgan fingerprint density at radius 2 is 1.86 bits per heavy atom. The summed E-state index contributed by atoms with van der Waals surface area (Å²) in [6, 6.07) is 10.7. The van der Waals surface area contributed by atoms with Crippen LogP contribution in [0.15, 0.2) is 35.1 Å². The Hall–Kier alpha value is -1.39. The highest BCUT2D eigenvalue weighted by Gasteiger charge is 2.07. The number of aryl methyl sites for hydroxylation is 2. The maximum atomic E-state index is 11.3. The summed E-state index contributed by atoms with van der Waals surface area (Å²) in [5, 5.41) is 0. The average Bonchev–Trinajstić information content (AvgIpc) is 2.84. The molecule has 1 heterocycles. The van der Waals surface area contributed by atoms with Gasteiger partial charge in [0.25, 0.3) is 0 Å². The molecule has 0 unspecified atom stereocenters. The van der Waals surface area contributed by atoms with Gasteiger partial charge >= 0.3 is 4.87 Å². The van der Waals surface area contributed by atoms with Crippen LogP contribution in [0.2, 0.25) is 0 Å². The predicted octanol–water partition coefficient (Wildman–Crippen LogP) is 3.63. The number of hydrogen-bond acceptors (Lipinski definition) is 3. The van der Waals surface area contributed by atoms with Crippen molar-refractivity contribution < 1.29 is 0 Å². The second kappa shape index (κ2) is 8.91. The van der Waals surface area contributed by atoms with Gasteiger partial charge in [-0.05, 0) is 51.3 Å². The standard InChI is InChI=1S/C18H26N2OS/c1-3-12-20(14-11-16-8-5-4-6-9-16)13-7-10-17-15(2)19-18(21)22-17/h4-6,8-9H,3,7,10-14H2,1-2H3,(H,19,21). The first-order valence-electron chi connectivity index (χ1n) is 8.14. The Balaban J connectivity index is 1.78. The molecule has 2 aromatic rings. The van der Waals surface area contributed by atoms with E-state index in [2.05, 4.69) is 47.1 Å². The minimum absolute atomic E-state index is 0.0713. The van der Waals surface area contributed by atoms with E-state index in [0.29, 0.717) is 0 Å². The fraction of sp³-hybridized carbons (Fsp3) is 0.500. The van der Waals surface area contributed by atoms with Gasteiger partial charge in [-0.1, -0.05) is 48.6 Å². The van der Waals surface area contributed by atoms with Gasteiger partial charge in [-0.2, -0.15) is 0 Å². The zero-order valence-corrected chi connectivity index (χ0v) is 14.4. The summed E-state index contributed by atoms with van der Waals surface area (Å²) in [6.07, 6.45) is 4.41. The molecule has 0 fully saturated rings. The van der Waals surface area contributed by atoms with Crippen molar-refractivity contribution >= 4 is 11.3 Å². The lowest BCUT2D eigenvalue weighted by molar-refractivity contribution is 0.274. The number of benzene rings is 1. The van der Waals surface area contributed by atoms with Gasteiger partial charge in [0.15, 0.2) is 0 Å². The second-order valence-corrected chi connectivity index (χ2v) is 6.81. The van der Waals surface area contributed by atoms with Crippen LogP contribution < -0.4 is 4.87 Å². The first-order chi connectivity index (χ1) is 10.7. The van der Waals surface area contributed by atoms with Gasteiger partial charge in [0.2, 0.25) is 0 Å². The second-order valence-electron chi connectivity index (χ2n) is 5.74. The number of aromatic nitrogens is 1. The lowest BCUT2D eigenvalue weighted by Crippen LogP contribution is -2.28. The number of nitrogens with zero attached hydrogens (tertiary/aromatic N) is 1. The van der Waals surface area contributed by atoms with Gasteiger partial charge in [-0.15, -0.1) is 0 Å². The molecular formula is C18H26N2OS. The third-order valence-corrected chi connectivity index (χ3v) is 4.95. The molecule has 3 nitrogen and oxygen atoms in total. The minimum Gasteiger partial charge on any atom is -0.317 e. The molecule has 0 aliphatic rings. The molecule has 0 saturated heterocycles. The summed E-state index contributed by atoms with van der Waals surface area (Å²) in [5.41, 5.74) is 2.45. The van der Waals surface area contributed by atoms with Gasteiger partial charge in [-0.25, -0.2) is 0 Å². The van der Waals surface area contributed by atoms with E-state index in [1.807, 2.05) is 6.92 Å². The first-order valence-corrected chi connectivity index (χ1v) is 8.95. The smallest absolute Gasteiger partial charge is 0.304 e. The van der Waals surface area contributed by atoms with E-state index in [1.54, 1.807) is 0 Å². The van der Waals surface area contributed by atoms with E-state index in [9.17, 15) is 4.79 Å². The minimum atomic E-state index is 0.0713. The molecule has 1 aromatic heterocycles. The Labute approximate surface area is 137 Å². The molecule has 120 valence electrons. The van der Waals surface area contributed by atoms with Gasteiger partial charge in [0, 0.05) is 17.1 Å². The molecule has 0 radical (unpaired) electrons. The topological polar surface area (TPSA) is 36.1 Å². The summed E-state index contributed by atoms with van der Waals surface area (Å²) in [5.74, 6) is 0. The van der Waals surface area contributed by atoms with Crippen molar-refractivity contribution in [1.29, 1.82) is 0 Å². The van der Waals surface area contributed by atoms with Crippen LogP contribution in [0.1, 0.15) is 35.9 Å². The van der Waals surface area contributed by atoms with Crippen molar-refractivity contribution in [1.82, 2.24) is 9.88 Å². The van der Waals surface area contributed by atoms with Crippen molar-refractivity contribution in [2.75, 3.05) is 19.6 Å². The zero-order valence-electron chi connectivity index (χ0n) is 13.6. The summed E-state index contributed by atoms with van der Waals surface area (Å²) in [6.45, 7) is 7.59. The molecule has 2 rings (SSSR count). The number of rotatable bonds is 9. The molecule has 0 saturated carbocycles. The summed E-state index contributed by atoms with van der Waals surface area (Å²) in [4.78, 5) is 18.0. The van der Waals surface area contributed by atoms with Crippen LogP contribution >= 0.6 is 11.3 Å². The van der Waals surface area contributed by atoms with E-state index in [1.165, 1.54) is 28.2 Å². The fourth-order valence-corrected chi connectivity index (χ4v) is 3.60. The maximum Gasteiger partial charge on any atom is 0.304 e. The van der Waals surface area contributed by atoms with Crippen LogP contribution in [0.5, 0.6) is 0 Å².